The maximum absolute atomic E-state index is 6.22. The molecule has 0 saturated heterocycles. The van der Waals surface area contributed by atoms with E-state index in [-0.39, 0.29) is 5.60 Å². The quantitative estimate of drug-likeness (QED) is 0.892. The molecule has 2 N–H and O–H groups in total. The van der Waals surface area contributed by atoms with Crippen molar-refractivity contribution in [3.63, 3.8) is 0 Å². The molecule has 0 spiro atoms. The average Bonchev–Trinajstić information content (AvgIpc) is 2.42. The summed E-state index contributed by atoms with van der Waals surface area (Å²) in [5.74, 6) is 1.61. The van der Waals surface area contributed by atoms with E-state index in [1.54, 1.807) is 7.11 Å². The van der Waals surface area contributed by atoms with Crippen LogP contribution in [0.5, 0.6) is 11.5 Å². The highest BCUT2D eigenvalue weighted by atomic mass is 16.5. The minimum Gasteiger partial charge on any atom is -0.493 e. The molecule has 100 valence electrons. The van der Waals surface area contributed by atoms with Crippen molar-refractivity contribution in [2.24, 2.45) is 5.73 Å². The van der Waals surface area contributed by atoms with Crippen LogP contribution in [0.15, 0.2) is 18.2 Å². The Hall–Kier alpha value is -1.22. The molecule has 0 heterocycles. The summed E-state index contributed by atoms with van der Waals surface area (Å²) in [6, 6.07) is 6.04. The summed E-state index contributed by atoms with van der Waals surface area (Å²) in [5, 5.41) is 0. The van der Waals surface area contributed by atoms with Crippen LogP contribution in [-0.4, -0.2) is 19.3 Å². The summed E-state index contributed by atoms with van der Waals surface area (Å²) < 4.78 is 11.6. The van der Waals surface area contributed by atoms with E-state index < -0.39 is 0 Å². The molecule has 18 heavy (non-hydrogen) atoms. The smallest absolute Gasteiger partial charge is 0.162 e. The van der Waals surface area contributed by atoms with Crippen molar-refractivity contribution >= 4 is 0 Å². The van der Waals surface area contributed by atoms with Gasteiger partial charge in [0.15, 0.2) is 11.5 Å². The second-order valence-corrected chi connectivity index (χ2v) is 5.20. The fourth-order valence-corrected chi connectivity index (χ4v) is 2.64. The molecule has 0 aliphatic heterocycles. The topological polar surface area (TPSA) is 44.5 Å². The van der Waals surface area contributed by atoms with Gasteiger partial charge in [0.2, 0.25) is 0 Å². The molecule has 0 aromatic heterocycles. The van der Waals surface area contributed by atoms with Crippen LogP contribution in [0.2, 0.25) is 0 Å². The molecule has 1 aliphatic rings. The highest BCUT2D eigenvalue weighted by molar-refractivity contribution is 5.43. The fraction of sp³-hybridized carbons (Fsp3) is 0.600. The summed E-state index contributed by atoms with van der Waals surface area (Å²) in [5.41, 5.74) is 6.92. The van der Waals surface area contributed by atoms with Gasteiger partial charge in [0.05, 0.1) is 7.11 Å². The van der Waals surface area contributed by atoms with E-state index in [0.717, 1.165) is 24.3 Å². The zero-order chi connectivity index (χ0) is 13.0. The number of ether oxygens (including phenoxy) is 2. The summed E-state index contributed by atoms with van der Waals surface area (Å²) in [7, 11) is 1.68. The molecular formula is C15H23NO2. The number of hydrogen-bond acceptors (Lipinski definition) is 3. The monoisotopic (exact) mass is 249 g/mol. The maximum atomic E-state index is 6.22. The minimum absolute atomic E-state index is 0.194. The van der Waals surface area contributed by atoms with Crippen molar-refractivity contribution in [3.05, 3.63) is 23.8 Å². The molecule has 1 aliphatic carbocycles. The van der Waals surface area contributed by atoms with Crippen LogP contribution in [0.4, 0.5) is 0 Å². The predicted octanol–water partition coefficient (Wildman–Crippen LogP) is 3.04. The Morgan fingerprint density at radius 2 is 1.89 bits per heavy atom. The zero-order valence-electron chi connectivity index (χ0n) is 11.4. The molecule has 2 rings (SSSR count). The maximum Gasteiger partial charge on any atom is 0.162 e. The summed E-state index contributed by atoms with van der Waals surface area (Å²) >= 11 is 0. The van der Waals surface area contributed by atoms with Crippen LogP contribution in [0.25, 0.3) is 0 Å². The first-order valence-electron chi connectivity index (χ1n) is 6.73. The second kappa shape index (κ2) is 5.61. The zero-order valence-corrected chi connectivity index (χ0v) is 11.4. The molecule has 3 nitrogen and oxygen atoms in total. The largest absolute Gasteiger partial charge is 0.493 e. The average molecular weight is 249 g/mol. The molecule has 1 fully saturated rings. The molecule has 3 heteroatoms. The minimum atomic E-state index is -0.194. The molecule has 1 aromatic carbocycles. The van der Waals surface area contributed by atoms with E-state index >= 15 is 0 Å². The lowest BCUT2D eigenvalue weighted by Crippen LogP contribution is -2.45. The molecule has 0 amide bonds. The van der Waals surface area contributed by atoms with Crippen LogP contribution in [0.3, 0.4) is 0 Å². The van der Waals surface area contributed by atoms with Gasteiger partial charge in [-0.2, -0.15) is 0 Å². The van der Waals surface area contributed by atoms with Gasteiger partial charge in [-0.1, -0.05) is 12.5 Å². The second-order valence-electron chi connectivity index (χ2n) is 5.20. The van der Waals surface area contributed by atoms with Crippen molar-refractivity contribution in [2.45, 2.75) is 44.6 Å². The fourth-order valence-electron chi connectivity index (χ4n) is 2.64. The number of rotatable bonds is 4. The number of hydrogen-bond donors (Lipinski definition) is 1. The van der Waals surface area contributed by atoms with Gasteiger partial charge in [-0.15, -0.1) is 0 Å². The molecule has 0 bridgehead atoms. The molecule has 0 atom stereocenters. The lowest BCUT2D eigenvalue weighted by Gasteiger charge is -2.37. The van der Waals surface area contributed by atoms with Crippen molar-refractivity contribution in [1.29, 1.82) is 0 Å². The van der Waals surface area contributed by atoms with Gasteiger partial charge >= 0.3 is 0 Å². The van der Waals surface area contributed by atoms with Gasteiger partial charge in [0.1, 0.15) is 5.60 Å². The standard InChI is InChI=1S/C15H23NO2/c1-12-6-7-13(14(10-12)17-2)18-15(11-16)8-4-3-5-9-15/h6-7,10H,3-5,8-9,11,16H2,1-2H3. The van der Waals surface area contributed by atoms with Gasteiger partial charge in [0, 0.05) is 6.54 Å². The van der Waals surface area contributed by atoms with E-state index in [9.17, 15) is 0 Å². The normalized spacial score (nSPS) is 18.4. The number of methoxy groups -OCH3 is 1. The Balaban J connectivity index is 2.21. The molecule has 1 saturated carbocycles. The van der Waals surface area contributed by atoms with Gasteiger partial charge in [-0.05, 0) is 50.3 Å². The Morgan fingerprint density at radius 3 is 2.50 bits per heavy atom. The highest BCUT2D eigenvalue weighted by Crippen LogP contribution is 2.36. The number of benzene rings is 1. The first-order valence-corrected chi connectivity index (χ1v) is 6.73. The van der Waals surface area contributed by atoms with Crippen LogP contribution >= 0.6 is 0 Å². The summed E-state index contributed by atoms with van der Waals surface area (Å²) in [6.07, 6.45) is 5.77. The number of nitrogens with two attached hydrogens (primary N) is 1. The van der Waals surface area contributed by atoms with Gasteiger partial charge in [-0.25, -0.2) is 0 Å². The van der Waals surface area contributed by atoms with Crippen LogP contribution in [0, 0.1) is 6.92 Å². The van der Waals surface area contributed by atoms with Gasteiger partial charge < -0.3 is 15.2 Å². The molecule has 0 unspecified atom stereocenters. The third-order valence-corrected chi connectivity index (χ3v) is 3.78. The molecule has 1 aromatic rings. The van der Waals surface area contributed by atoms with E-state index in [1.165, 1.54) is 24.8 Å². The van der Waals surface area contributed by atoms with E-state index in [0.29, 0.717) is 6.54 Å². The first kappa shape index (κ1) is 13.2. The van der Waals surface area contributed by atoms with Crippen molar-refractivity contribution in [1.82, 2.24) is 0 Å². The van der Waals surface area contributed by atoms with E-state index in [4.69, 9.17) is 15.2 Å². The Kier molecular flexibility index (Phi) is 4.12. The Bertz CT molecular complexity index is 397. The van der Waals surface area contributed by atoms with E-state index in [2.05, 4.69) is 0 Å². The third-order valence-electron chi connectivity index (χ3n) is 3.78. The van der Waals surface area contributed by atoms with Crippen LogP contribution in [-0.2, 0) is 0 Å². The van der Waals surface area contributed by atoms with Crippen LogP contribution in [0.1, 0.15) is 37.7 Å². The molecular weight excluding hydrogens is 226 g/mol. The van der Waals surface area contributed by atoms with Crippen molar-refractivity contribution < 1.29 is 9.47 Å². The molecule has 0 radical (unpaired) electrons. The third kappa shape index (κ3) is 2.78. The van der Waals surface area contributed by atoms with Gasteiger partial charge in [0.25, 0.3) is 0 Å². The van der Waals surface area contributed by atoms with Crippen LogP contribution < -0.4 is 15.2 Å². The number of aryl methyl sites for hydroxylation is 1. The first-order chi connectivity index (χ1) is 8.69. The summed E-state index contributed by atoms with van der Waals surface area (Å²) in [6.45, 7) is 2.62. The highest BCUT2D eigenvalue weighted by Gasteiger charge is 2.33. The Morgan fingerprint density at radius 1 is 1.17 bits per heavy atom. The Labute approximate surface area is 109 Å². The lowest BCUT2D eigenvalue weighted by molar-refractivity contribution is 0.0361. The van der Waals surface area contributed by atoms with Gasteiger partial charge in [-0.3, -0.25) is 0 Å². The predicted molar refractivity (Wildman–Crippen MR) is 73.2 cm³/mol. The van der Waals surface area contributed by atoms with Crippen molar-refractivity contribution in [3.8, 4) is 11.5 Å². The lowest BCUT2D eigenvalue weighted by atomic mass is 9.84. The van der Waals surface area contributed by atoms with E-state index in [1.807, 2.05) is 25.1 Å². The SMILES string of the molecule is COc1cc(C)ccc1OC1(CN)CCCCC1. The summed E-state index contributed by atoms with van der Waals surface area (Å²) in [4.78, 5) is 0. The van der Waals surface area contributed by atoms with Crippen molar-refractivity contribution in [2.75, 3.05) is 13.7 Å².